The van der Waals surface area contributed by atoms with Crippen LogP contribution in [0.25, 0.3) is 32.3 Å². The summed E-state index contributed by atoms with van der Waals surface area (Å²) < 4.78 is 5.38. The zero-order valence-corrected chi connectivity index (χ0v) is 18.3. The Morgan fingerprint density at radius 2 is 1.93 bits per heavy atom. The van der Waals surface area contributed by atoms with Gasteiger partial charge in [0.1, 0.15) is 21.8 Å². The summed E-state index contributed by atoms with van der Waals surface area (Å²) in [5.74, 6) is 0.604. The van der Waals surface area contributed by atoms with Crippen molar-refractivity contribution in [2.75, 3.05) is 0 Å². The molecular weight excluding hydrogens is 436 g/mol. The number of fused-ring (bicyclic) bond motifs is 2. The normalized spacial score (nSPS) is 11.4. The highest BCUT2D eigenvalue weighted by molar-refractivity contribution is 7.98. The van der Waals surface area contributed by atoms with E-state index >= 15 is 0 Å². The second-order valence-electron chi connectivity index (χ2n) is 6.89. The first-order valence-electron chi connectivity index (χ1n) is 9.23. The molecule has 0 aliphatic carbocycles. The average molecular weight is 451 g/mol. The van der Waals surface area contributed by atoms with Gasteiger partial charge in [-0.25, -0.2) is 14.8 Å². The summed E-state index contributed by atoms with van der Waals surface area (Å²) in [6.45, 7) is 1.98. The van der Waals surface area contributed by atoms with Crippen molar-refractivity contribution in [3.05, 3.63) is 86.8 Å². The molecule has 0 radical (unpaired) electrons. The average Bonchev–Trinajstić information content (AvgIpc) is 3.17. The van der Waals surface area contributed by atoms with E-state index in [-0.39, 0.29) is 5.63 Å². The van der Waals surface area contributed by atoms with Gasteiger partial charge < -0.3 is 4.42 Å². The zero-order chi connectivity index (χ0) is 20.7. The van der Waals surface area contributed by atoms with Crippen LogP contribution in [0.15, 0.2) is 74.5 Å². The van der Waals surface area contributed by atoms with Crippen molar-refractivity contribution in [3.63, 3.8) is 0 Å². The number of hydrogen-bond donors (Lipinski definition) is 0. The van der Waals surface area contributed by atoms with Gasteiger partial charge in [0.2, 0.25) is 0 Å². The molecule has 0 N–H and O–H groups in total. The van der Waals surface area contributed by atoms with Crippen LogP contribution in [0, 0.1) is 6.92 Å². The Labute approximate surface area is 185 Å². The van der Waals surface area contributed by atoms with Crippen LogP contribution in [0.1, 0.15) is 11.1 Å². The molecule has 5 rings (SSSR count). The number of nitrogens with zero attached hydrogens (tertiary/aromatic N) is 2. The second-order valence-corrected chi connectivity index (χ2v) is 9.15. The first-order valence-corrected chi connectivity index (χ1v) is 11.5. The number of thiophene rings is 1. The quantitative estimate of drug-likeness (QED) is 0.173. The van der Waals surface area contributed by atoms with Crippen LogP contribution in [0.5, 0.6) is 0 Å². The molecule has 0 atom stereocenters. The molecule has 0 saturated carbocycles. The predicted octanol–water partition coefficient (Wildman–Crippen LogP) is 6.72. The lowest BCUT2D eigenvalue weighted by atomic mass is 10.1. The van der Waals surface area contributed by atoms with Crippen LogP contribution in [0.3, 0.4) is 0 Å². The number of hydrogen-bond acceptors (Lipinski definition) is 6. The van der Waals surface area contributed by atoms with E-state index in [1.54, 1.807) is 35.5 Å². The lowest BCUT2D eigenvalue weighted by Gasteiger charge is -2.08. The zero-order valence-electron chi connectivity index (χ0n) is 15.9. The molecule has 2 aromatic carbocycles. The molecule has 0 saturated heterocycles. The smallest absolute Gasteiger partial charge is 0.336 e. The van der Waals surface area contributed by atoms with Gasteiger partial charge in [0, 0.05) is 33.2 Å². The molecule has 148 valence electrons. The molecule has 3 heterocycles. The molecule has 0 amide bonds. The molecule has 30 heavy (non-hydrogen) atoms. The minimum atomic E-state index is -0.339. The van der Waals surface area contributed by atoms with E-state index in [1.165, 1.54) is 0 Å². The van der Waals surface area contributed by atoms with E-state index in [0.717, 1.165) is 42.9 Å². The largest absolute Gasteiger partial charge is 0.423 e. The van der Waals surface area contributed by atoms with Gasteiger partial charge in [-0.15, -0.1) is 23.1 Å². The summed E-state index contributed by atoms with van der Waals surface area (Å²) in [7, 11) is 0. The maximum atomic E-state index is 12.1. The fraction of sp³-hybridized carbons (Fsp3) is 0.0870. The third-order valence-corrected chi connectivity index (χ3v) is 7.02. The van der Waals surface area contributed by atoms with Crippen molar-refractivity contribution in [1.82, 2.24) is 9.97 Å². The Bertz CT molecular complexity index is 1440. The van der Waals surface area contributed by atoms with Crippen LogP contribution < -0.4 is 5.63 Å². The van der Waals surface area contributed by atoms with Crippen molar-refractivity contribution in [2.24, 2.45) is 0 Å². The van der Waals surface area contributed by atoms with Gasteiger partial charge in [-0.3, -0.25) is 0 Å². The summed E-state index contributed by atoms with van der Waals surface area (Å²) in [5, 5.41) is 5.66. The number of rotatable bonds is 4. The van der Waals surface area contributed by atoms with Crippen molar-refractivity contribution >= 4 is 55.9 Å². The summed E-state index contributed by atoms with van der Waals surface area (Å²) >= 11 is 9.24. The van der Waals surface area contributed by atoms with Crippen LogP contribution in [0.4, 0.5) is 0 Å². The lowest BCUT2D eigenvalue weighted by molar-refractivity contribution is 0.559. The lowest BCUT2D eigenvalue weighted by Crippen LogP contribution is -2.00. The second kappa shape index (κ2) is 7.87. The van der Waals surface area contributed by atoms with E-state index in [4.69, 9.17) is 16.0 Å². The van der Waals surface area contributed by atoms with Crippen LogP contribution in [-0.2, 0) is 5.75 Å². The number of benzene rings is 2. The van der Waals surface area contributed by atoms with E-state index < -0.39 is 0 Å². The van der Waals surface area contributed by atoms with Crippen molar-refractivity contribution in [3.8, 4) is 11.1 Å². The van der Waals surface area contributed by atoms with Gasteiger partial charge in [-0.05, 0) is 41.8 Å². The van der Waals surface area contributed by atoms with Crippen molar-refractivity contribution < 1.29 is 4.42 Å². The third-order valence-electron chi connectivity index (χ3n) is 4.84. The molecule has 0 aliphatic heterocycles. The minimum absolute atomic E-state index is 0.339. The van der Waals surface area contributed by atoms with Crippen molar-refractivity contribution in [2.45, 2.75) is 17.7 Å². The molecule has 0 fully saturated rings. The number of aryl methyl sites for hydroxylation is 1. The molecule has 7 heteroatoms. The van der Waals surface area contributed by atoms with Gasteiger partial charge in [0.05, 0.1) is 5.39 Å². The topological polar surface area (TPSA) is 56.0 Å². The summed E-state index contributed by atoms with van der Waals surface area (Å²) in [6, 6.07) is 15.3. The van der Waals surface area contributed by atoms with Gasteiger partial charge >= 0.3 is 5.63 Å². The predicted molar refractivity (Wildman–Crippen MR) is 125 cm³/mol. The standard InChI is InChI=1S/C23H15ClN2O2S2/c1-13-2-7-17-15(9-20(27)28-19(17)8-13)10-29-22-21-18(11-30-23(21)26-12-25-22)14-3-5-16(24)6-4-14/h2-9,11-12H,10H2,1H3. The highest BCUT2D eigenvalue weighted by Gasteiger charge is 2.15. The highest BCUT2D eigenvalue weighted by atomic mass is 35.5. The van der Waals surface area contributed by atoms with E-state index in [0.29, 0.717) is 16.4 Å². The monoisotopic (exact) mass is 450 g/mol. The van der Waals surface area contributed by atoms with Gasteiger partial charge in [-0.1, -0.05) is 35.9 Å². The van der Waals surface area contributed by atoms with Crippen LogP contribution in [0.2, 0.25) is 5.02 Å². The van der Waals surface area contributed by atoms with Crippen LogP contribution in [-0.4, -0.2) is 9.97 Å². The molecule has 0 unspecified atom stereocenters. The Morgan fingerprint density at radius 1 is 1.10 bits per heavy atom. The Balaban J connectivity index is 1.55. The third kappa shape index (κ3) is 3.62. The summed E-state index contributed by atoms with van der Waals surface area (Å²) in [4.78, 5) is 22.0. The Morgan fingerprint density at radius 3 is 2.77 bits per heavy atom. The summed E-state index contributed by atoms with van der Waals surface area (Å²) in [5.41, 5.74) is 4.42. The molecule has 0 bridgehead atoms. The number of thioether (sulfide) groups is 1. The molecule has 5 aromatic rings. The molecule has 0 aliphatic rings. The van der Waals surface area contributed by atoms with Gasteiger partial charge in [0.25, 0.3) is 0 Å². The van der Waals surface area contributed by atoms with E-state index in [1.807, 2.05) is 49.4 Å². The molecule has 4 nitrogen and oxygen atoms in total. The minimum Gasteiger partial charge on any atom is -0.423 e. The highest BCUT2D eigenvalue weighted by Crippen LogP contribution is 2.39. The van der Waals surface area contributed by atoms with E-state index in [9.17, 15) is 4.79 Å². The summed E-state index contributed by atoms with van der Waals surface area (Å²) in [6.07, 6.45) is 1.59. The molecule has 3 aromatic heterocycles. The first-order chi connectivity index (χ1) is 14.6. The Hall–Kier alpha value is -2.67. The van der Waals surface area contributed by atoms with Crippen molar-refractivity contribution in [1.29, 1.82) is 0 Å². The number of aromatic nitrogens is 2. The fourth-order valence-corrected chi connectivity index (χ4v) is 5.51. The Kier molecular flexibility index (Phi) is 5.06. The van der Waals surface area contributed by atoms with Gasteiger partial charge in [-0.2, -0.15) is 0 Å². The molecular formula is C23H15ClN2O2S2. The SMILES string of the molecule is Cc1ccc2c(CSc3ncnc4scc(-c5ccc(Cl)cc5)c34)cc(=O)oc2c1. The first kappa shape index (κ1) is 19.3. The molecule has 0 spiro atoms. The maximum absolute atomic E-state index is 12.1. The van der Waals surface area contributed by atoms with Gasteiger partial charge in [0.15, 0.2) is 0 Å². The maximum Gasteiger partial charge on any atom is 0.336 e. The fourth-order valence-electron chi connectivity index (χ4n) is 3.40. The van der Waals surface area contributed by atoms with Crippen LogP contribution >= 0.6 is 34.7 Å². The number of halogens is 1. The van der Waals surface area contributed by atoms with E-state index in [2.05, 4.69) is 15.3 Å².